The van der Waals surface area contributed by atoms with E-state index in [1.807, 2.05) is 0 Å². The first-order chi connectivity index (χ1) is 10.1. The summed E-state index contributed by atoms with van der Waals surface area (Å²) >= 11 is 0. The number of ether oxygens (including phenoxy) is 1. The number of anilines is 1. The normalized spacial score (nSPS) is 17.8. The van der Waals surface area contributed by atoms with Gasteiger partial charge in [-0.1, -0.05) is 24.4 Å². The molecule has 1 saturated carbocycles. The molecule has 0 amide bonds. The molecule has 0 spiro atoms. The molecule has 0 atom stereocenters. The van der Waals surface area contributed by atoms with Crippen molar-refractivity contribution in [2.75, 3.05) is 12.8 Å². The fourth-order valence-electron chi connectivity index (χ4n) is 2.86. The maximum Gasteiger partial charge on any atom is 0.258 e. The Morgan fingerprint density at radius 2 is 2.05 bits per heavy atom. The van der Waals surface area contributed by atoms with Crippen molar-refractivity contribution in [3.05, 3.63) is 24.0 Å². The fourth-order valence-corrected chi connectivity index (χ4v) is 2.86. The standard InChI is InChI=1S/C15H19N3O3/c1-20-15(7-3-2-4-8-15)14-17-13(21-18-14)10-5-6-12(19)11(16)9-10/h5-6,9,19H,2-4,7-8,16H2,1H3. The van der Waals surface area contributed by atoms with Crippen molar-refractivity contribution in [2.24, 2.45) is 0 Å². The van der Waals surface area contributed by atoms with E-state index in [1.165, 1.54) is 12.5 Å². The van der Waals surface area contributed by atoms with Crippen LogP contribution in [0.15, 0.2) is 22.7 Å². The Labute approximate surface area is 122 Å². The van der Waals surface area contributed by atoms with E-state index in [0.717, 1.165) is 25.7 Å². The molecule has 0 radical (unpaired) electrons. The van der Waals surface area contributed by atoms with Crippen LogP contribution in [0.4, 0.5) is 5.69 Å². The van der Waals surface area contributed by atoms with Gasteiger partial charge in [0.2, 0.25) is 5.82 Å². The maximum atomic E-state index is 9.47. The number of methoxy groups -OCH3 is 1. The number of nitrogens with two attached hydrogens (primary N) is 1. The van der Waals surface area contributed by atoms with Gasteiger partial charge in [0.05, 0.1) is 5.69 Å². The zero-order valence-electron chi connectivity index (χ0n) is 12.0. The number of nitrogen functional groups attached to an aromatic ring is 1. The summed E-state index contributed by atoms with van der Waals surface area (Å²) in [6.07, 6.45) is 5.22. The summed E-state index contributed by atoms with van der Waals surface area (Å²) in [6.45, 7) is 0. The van der Waals surface area contributed by atoms with Crippen LogP contribution in [-0.2, 0) is 10.3 Å². The molecule has 3 N–H and O–H groups in total. The molecule has 1 aliphatic carbocycles. The van der Waals surface area contributed by atoms with Gasteiger partial charge in [0.1, 0.15) is 11.4 Å². The lowest BCUT2D eigenvalue weighted by molar-refractivity contribution is -0.0527. The van der Waals surface area contributed by atoms with Gasteiger partial charge in [0.25, 0.3) is 5.89 Å². The van der Waals surface area contributed by atoms with Crippen molar-refractivity contribution in [2.45, 2.75) is 37.7 Å². The monoisotopic (exact) mass is 289 g/mol. The first-order valence-electron chi connectivity index (χ1n) is 7.13. The number of hydrogen-bond acceptors (Lipinski definition) is 6. The minimum Gasteiger partial charge on any atom is -0.506 e. The number of rotatable bonds is 3. The second kappa shape index (κ2) is 5.37. The molecule has 0 aliphatic heterocycles. The predicted octanol–water partition coefficient (Wildman–Crippen LogP) is 2.83. The van der Waals surface area contributed by atoms with Gasteiger partial charge in [0.15, 0.2) is 0 Å². The van der Waals surface area contributed by atoms with Gasteiger partial charge in [-0.3, -0.25) is 0 Å². The van der Waals surface area contributed by atoms with Crippen LogP contribution in [0.1, 0.15) is 37.9 Å². The zero-order chi connectivity index (χ0) is 14.9. The van der Waals surface area contributed by atoms with Gasteiger partial charge in [-0.05, 0) is 31.0 Å². The van der Waals surface area contributed by atoms with Gasteiger partial charge in [-0.2, -0.15) is 4.98 Å². The van der Waals surface area contributed by atoms with Crippen molar-refractivity contribution in [3.63, 3.8) is 0 Å². The second-order valence-electron chi connectivity index (χ2n) is 5.46. The Kier molecular flexibility index (Phi) is 3.55. The van der Waals surface area contributed by atoms with E-state index < -0.39 is 5.60 Å². The van der Waals surface area contributed by atoms with Crippen LogP contribution >= 0.6 is 0 Å². The number of phenols is 1. The highest BCUT2D eigenvalue weighted by molar-refractivity contribution is 5.64. The third-order valence-corrected chi connectivity index (χ3v) is 4.16. The van der Waals surface area contributed by atoms with Crippen LogP contribution in [0.25, 0.3) is 11.5 Å². The molecule has 0 bridgehead atoms. The van der Waals surface area contributed by atoms with Crippen LogP contribution in [0, 0.1) is 0 Å². The van der Waals surface area contributed by atoms with E-state index in [1.54, 1.807) is 19.2 Å². The Morgan fingerprint density at radius 3 is 2.71 bits per heavy atom. The number of hydrogen-bond donors (Lipinski definition) is 2. The molecule has 112 valence electrons. The second-order valence-corrected chi connectivity index (χ2v) is 5.46. The average Bonchev–Trinajstić information content (AvgIpc) is 3.01. The Bertz CT molecular complexity index is 633. The summed E-state index contributed by atoms with van der Waals surface area (Å²) in [7, 11) is 1.69. The topological polar surface area (TPSA) is 94.4 Å². The van der Waals surface area contributed by atoms with Crippen LogP contribution in [0.3, 0.4) is 0 Å². The zero-order valence-corrected chi connectivity index (χ0v) is 12.0. The van der Waals surface area contributed by atoms with E-state index in [9.17, 15) is 5.11 Å². The molecule has 1 aromatic heterocycles. The minimum absolute atomic E-state index is 0.0409. The summed E-state index contributed by atoms with van der Waals surface area (Å²) in [4.78, 5) is 4.48. The highest BCUT2D eigenvalue weighted by Gasteiger charge is 2.38. The smallest absolute Gasteiger partial charge is 0.258 e. The molecule has 21 heavy (non-hydrogen) atoms. The van der Waals surface area contributed by atoms with Gasteiger partial charge in [-0.15, -0.1) is 0 Å². The minimum atomic E-state index is -0.442. The lowest BCUT2D eigenvalue weighted by Crippen LogP contribution is -2.32. The summed E-state index contributed by atoms with van der Waals surface area (Å²) in [5.74, 6) is 1.02. The molecule has 0 saturated heterocycles. The first kappa shape index (κ1) is 13.9. The predicted molar refractivity (Wildman–Crippen MR) is 77.6 cm³/mol. The molecular weight excluding hydrogens is 270 g/mol. The summed E-state index contributed by atoms with van der Waals surface area (Å²) < 4.78 is 11.1. The quantitative estimate of drug-likeness (QED) is 0.666. The molecule has 1 aromatic carbocycles. The van der Waals surface area contributed by atoms with Gasteiger partial charge >= 0.3 is 0 Å². The number of aromatic hydroxyl groups is 1. The molecule has 0 unspecified atom stereocenters. The molecule has 6 nitrogen and oxygen atoms in total. The molecule has 2 aromatic rings. The van der Waals surface area contributed by atoms with Crippen LogP contribution < -0.4 is 5.73 Å². The van der Waals surface area contributed by atoms with Crippen LogP contribution in [-0.4, -0.2) is 22.4 Å². The van der Waals surface area contributed by atoms with Crippen molar-refractivity contribution < 1.29 is 14.4 Å². The fraction of sp³-hybridized carbons (Fsp3) is 0.467. The van der Waals surface area contributed by atoms with E-state index in [-0.39, 0.29) is 11.4 Å². The maximum absolute atomic E-state index is 9.47. The van der Waals surface area contributed by atoms with Crippen molar-refractivity contribution in [1.29, 1.82) is 0 Å². The Balaban J connectivity index is 1.93. The number of nitrogens with zero attached hydrogens (tertiary/aromatic N) is 2. The Hall–Kier alpha value is -2.08. The highest BCUT2D eigenvalue weighted by Crippen LogP contribution is 2.39. The number of phenolic OH excluding ortho intramolecular Hbond substituents is 1. The molecule has 1 fully saturated rings. The molecule has 6 heteroatoms. The van der Waals surface area contributed by atoms with E-state index >= 15 is 0 Å². The molecule has 1 aliphatic rings. The molecule has 3 rings (SSSR count). The number of benzene rings is 1. The van der Waals surface area contributed by atoms with E-state index in [2.05, 4.69) is 10.1 Å². The molecular formula is C15H19N3O3. The first-order valence-corrected chi connectivity index (χ1v) is 7.13. The van der Waals surface area contributed by atoms with Gasteiger partial charge in [0, 0.05) is 12.7 Å². The Morgan fingerprint density at radius 1 is 1.29 bits per heavy atom. The third-order valence-electron chi connectivity index (χ3n) is 4.16. The third kappa shape index (κ3) is 2.47. The van der Waals surface area contributed by atoms with Gasteiger partial charge < -0.3 is 20.1 Å². The van der Waals surface area contributed by atoms with Crippen LogP contribution in [0.5, 0.6) is 5.75 Å². The molecule has 1 heterocycles. The SMILES string of the molecule is COC1(c2noc(-c3ccc(O)c(N)c3)n2)CCCCC1. The highest BCUT2D eigenvalue weighted by atomic mass is 16.5. The number of aromatic nitrogens is 2. The summed E-state index contributed by atoms with van der Waals surface area (Å²) in [5.41, 5.74) is 6.22. The summed E-state index contributed by atoms with van der Waals surface area (Å²) in [5, 5.41) is 13.6. The van der Waals surface area contributed by atoms with Crippen molar-refractivity contribution >= 4 is 5.69 Å². The van der Waals surface area contributed by atoms with Crippen LogP contribution in [0.2, 0.25) is 0 Å². The lowest BCUT2D eigenvalue weighted by atomic mass is 9.84. The lowest BCUT2D eigenvalue weighted by Gasteiger charge is -2.32. The van der Waals surface area contributed by atoms with Gasteiger partial charge in [-0.25, -0.2) is 0 Å². The average molecular weight is 289 g/mol. The van der Waals surface area contributed by atoms with E-state index in [0.29, 0.717) is 17.3 Å². The summed E-state index contributed by atoms with van der Waals surface area (Å²) in [6, 6.07) is 4.83. The largest absolute Gasteiger partial charge is 0.506 e. The van der Waals surface area contributed by atoms with E-state index in [4.69, 9.17) is 15.0 Å². The van der Waals surface area contributed by atoms with Crippen molar-refractivity contribution in [3.8, 4) is 17.2 Å². The van der Waals surface area contributed by atoms with Crippen molar-refractivity contribution in [1.82, 2.24) is 10.1 Å².